The molecule has 3 rings (SSSR count). The van der Waals surface area contributed by atoms with Gasteiger partial charge in [0.2, 0.25) is 0 Å². The molecule has 25 heavy (non-hydrogen) atoms. The van der Waals surface area contributed by atoms with Crippen molar-refractivity contribution in [1.29, 1.82) is 0 Å². The molecule has 0 saturated carbocycles. The van der Waals surface area contributed by atoms with Crippen molar-refractivity contribution in [1.82, 2.24) is 20.2 Å². The Balaban J connectivity index is 1.42. The summed E-state index contributed by atoms with van der Waals surface area (Å²) < 4.78 is 5.54. The van der Waals surface area contributed by atoms with E-state index in [1.165, 1.54) is 0 Å². The van der Waals surface area contributed by atoms with Crippen molar-refractivity contribution in [3.63, 3.8) is 0 Å². The van der Waals surface area contributed by atoms with E-state index in [2.05, 4.69) is 20.6 Å². The lowest BCUT2D eigenvalue weighted by Gasteiger charge is -2.33. The molecule has 0 bridgehead atoms. The Labute approximate surface area is 148 Å². The van der Waals surface area contributed by atoms with Gasteiger partial charge in [0.15, 0.2) is 0 Å². The van der Waals surface area contributed by atoms with Crippen LogP contribution in [0.5, 0.6) is 0 Å². The van der Waals surface area contributed by atoms with Gasteiger partial charge in [0.25, 0.3) is 0 Å². The average Bonchev–Trinajstić information content (AvgIpc) is 3.14. The Hall–Kier alpha value is -2.09. The molecule has 3 heterocycles. The van der Waals surface area contributed by atoms with E-state index < -0.39 is 0 Å². The minimum absolute atomic E-state index is 0.0193. The van der Waals surface area contributed by atoms with Gasteiger partial charge in [-0.2, -0.15) is 0 Å². The molecule has 1 atom stereocenters. The number of urea groups is 1. The molecule has 0 radical (unpaired) electrons. The van der Waals surface area contributed by atoms with Crippen LogP contribution in [0.1, 0.15) is 25.7 Å². The molecule has 2 aliphatic heterocycles. The van der Waals surface area contributed by atoms with Crippen LogP contribution in [0.4, 0.5) is 16.4 Å². The summed E-state index contributed by atoms with van der Waals surface area (Å²) in [7, 11) is 3.92. The molecule has 0 aromatic carbocycles. The third-order valence-corrected chi connectivity index (χ3v) is 4.75. The number of rotatable bonds is 5. The number of carbonyl (C=O) groups is 1. The van der Waals surface area contributed by atoms with Crippen LogP contribution < -0.4 is 15.5 Å². The summed E-state index contributed by atoms with van der Waals surface area (Å²) in [6.45, 7) is 2.93. The van der Waals surface area contributed by atoms with Crippen molar-refractivity contribution in [3.8, 4) is 0 Å². The van der Waals surface area contributed by atoms with Gasteiger partial charge in [0.1, 0.15) is 18.0 Å². The average molecular weight is 348 g/mol. The van der Waals surface area contributed by atoms with Gasteiger partial charge in [-0.1, -0.05) is 0 Å². The second-order valence-corrected chi connectivity index (χ2v) is 6.88. The molecule has 2 saturated heterocycles. The van der Waals surface area contributed by atoms with Crippen LogP contribution in [0.2, 0.25) is 0 Å². The van der Waals surface area contributed by atoms with Gasteiger partial charge in [0, 0.05) is 52.4 Å². The van der Waals surface area contributed by atoms with Gasteiger partial charge in [0.05, 0.1) is 6.10 Å². The number of hydrogen-bond donors (Lipinski definition) is 2. The summed E-state index contributed by atoms with van der Waals surface area (Å²) in [5, 5.41) is 6.45. The number of piperidine rings is 1. The number of carbonyl (C=O) groups excluding carboxylic acids is 1. The highest BCUT2D eigenvalue weighted by Gasteiger charge is 2.24. The Bertz CT molecular complexity index is 568. The maximum atomic E-state index is 12.3. The highest BCUT2D eigenvalue weighted by molar-refractivity contribution is 5.74. The lowest BCUT2D eigenvalue weighted by Crippen LogP contribution is -2.48. The predicted molar refractivity (Wildman–Crippen MR) is 96.9 cm³/mol. The minimum atomic E-state index is 0.0193. The highest BCUT2D eigenvalue weighted by atomic mass is 16.5. The molecule has 2 aliphatic rings. The molecular weight excluding hydrogens is 320 g/mol. The van der Waals surface area contributed by atoms with E-state index in [9.17, 15) is 4.79 Å². The molecule has 2 amide bonds. The van der Waals surface area contributed by atoms with Crippen LogP contribution in [-0.2, 0) is 4.74 Å². The van der Waals surface area contributed by atoms with E-state index in [4.69, 9.17) is 4.74 Å². The van der Waals surface area contributed by atoms with Gasteiger partial charge in [-0.25, -0.2) is 14.8 Å². The van der Waals surface area contributed by atoms with E-state index in [-0.39, 0.29) is 12.1 Å². The molecule has 0 aliphatic carbocycles. The Kier molecular flexibility index (Phi) is 5.91. The van der Waals surface area contributed by atoms with Gasteiger partial charge in [-0.3, -0.25) is 0 Å². The van der Waals surface area contributed by atoms with Crippen molar-refractivity contribution >= 4 is 17.7 Å². The van der Waals surface area contributed by atoms with E-state index in [0.29, 0.717) is 12.6 Å². The van der Waals surface area contributed by atoms with Crippen LogP contribution in [0.25, 0.3) is 0 Å². The summed E-state index contributed by atoms with van der Waals surface area (Å²) in [5.74, 6) is 1.71. The lowest BCUT2D eigenvalue weighted by atomic mass is 10.1. The topological polar surface area (TPSA) is 82.6 Å². The summed E-state index contributed by atoms with van der Waals surface area (Å²) >= 11 is 0. The second-order valence-electron chi connectivity index (χ2n) is 6.88. The monoisotopic (exact) mass is 348 g/mol. The third kappa shape index (κ3) is 4.94. The minimum Gasteiger partial charge on any atom is -0.376 e. The van der Waals surface area contributed by atoms with E-state index >= 15 is 0 Å². The molecule has 1 aromatic rings. The van der Waals surface area contributed by atoms with Crippen LogP contribution >= 0.6 is 0 Å². The van der Waals surface area contributed by atoms with Gasteiger partial charge in [-0.15, -0.1) is 0 Å². The fraction of sp³-hybridized carbons (Fsp3) is 0.706. The first kappa shape index (κ1) is 17.7. The Morgan fingerprint density at radius 1 is 1.32 bits per heavy atom. The molecule has 2 fully saturated rings. The molecular formula is C17H28N6O2. The summed E-state index contributed by atoms with van der Waals surface area (Å²) in [6.07, 6.45) is 5.72. The van der Waals surface area contributed by atoms with Crippen LogP contribution in [0.15, 0.2) is 12.4 Å². The van der Waals surface area contributed by atoms with Crippen molar-refractivity contribution < 1.29 is 9.53 Å². The molecule has 8 nitrogen and oxygen atoms in total. The maximum absolute atomic E-state index is 12.3. The zero-order valence-electron chi connectivity index (χ0n) is 15.1. The number of likely N-dealkylation sites (tertiary alicyclic amines) is 1. The van der Waals surface area contributed by atoms with Crippen LogP contribution in [0, 0.1) is 0 Å². The first-order valence-electron chi connectivity index (χ1n) is 9.02. The van der Waals surface area contributed by atoms with Gasteiger partial charge >= 0.3 is 6.03 Å². The van der Waals surface area contributed by atoms with E-state index in [1.807, 2.05) is 30.0 Å². The summed E-state index contributed by atoms with van der Waals surface area (Å²) in [5.41, 5.74) is 0. The van der Waals surface area contributed by atoms with Crippen molar-refractivity contribution in [2.24, 2.45) is 0 Å². The SMILES string of the molecule is CN(C)c1cc(NC2CCN(C(=O)NCC3CCCO3)CC2)ncn1. The van der Waals surface area contributed by atoms with Crippen molar-refractivity contribution in [3.05, 3.63) is 12.4 Å². The smallest absolute Gasteiger partial charge is 0.317 e. The predicted octanol–water partition coefficient (Wildman–Crippen LogP) is 1.31. The van der Waals surface area contributed by atoms with Crippen LogP contribution in [-0.4, -0.2) is 73.4 Å². The van der Waals surface area contributed by atoms with Crippen molar-refractivity contribution in [2.75, 3.05) is 50.6 Å². The molecule has 8 heteroatoms. The number of amides is 2. The number of aromatic nitrogens is 2. The summed E-state index contributed by atoms with van der Waals surface area (Å²) in [4.78, 5) is 24.6. The Morgan fingerprint density at radius 2 is 2.12 bits per heavy atom. The normalized spacial score (nSPS) is 21.2. The second kappa shape index (κ2) is 8.33. The van der Waals surface area contributed by atoms with Gasteiger partial charge in [-0.05, 0) is 25.7 Å². The number of nitrogens with zero attached hydrogens (tertiary/aromatic N) is 4. The zero-order chi connectivity index (χ0) is 17.6. The molecule has 0 spiro atoms. The maximum Gasteiger partial charge on any atom is 0.317 e. The molecule has 1 unspecified atom stereocenters. The summed E-state index contributed by atoms with van der Waals surface area (Å²) in [6, 6.07) is 2.29. The molecule has 2 N–H and O–H groups in total. The lowest BCUT2D eigenvalue weighted by molar-refractivity contribution is 0.108. The van der Waals surface area contributed by atoms with Gasteiger partial charge < -0.3 is 25.2 Å². The standard InChI is InChI=1S/C17H28N6O2/c1-22(2)16-10-15(19-12-20-16)21-13-5-7-23(8-6-13)17(24)18-11-14-4-3-9-25-14/h10,12-14H,3-9,11H2,1-2H3,(H,18,24)(H,19,20,21). The van der Waals surface area contributed by atoms with Crippen LogP contribution in [0.3, 0.4) is 0 Å². The zero-order valence-corrected chi connectivity index (χ0v) is 15.1. The third-order valence-electron chi connectivity index (χ3n) is 4.75. The number of ether oxygens (including phenoxy) is 1. The van der Waals surface area contributed by atoms with E-state index in [0.717, 1.165) is 57.0 Å². The fourth-order valence-corrected chi connectivity index (χ4v) is 3.22. The number of anilines is 2. The van der Waals surface area contributed by atoms with E-state index in [1.54, 1.807) is 6.33 Å². The largest absolute Gasteiger partial charge is 0.376 e. The quantitative estimate of drug-likeness (QED) is 0.835. The first-order valence-corrected chi connectivity index (χ1v) is 9.02. The highest BCUT2D eigenvalue weighted by Crippen LogP contribution is 2.18. The number of nitrogens with one attached hydrogen (secondary N) is 2. The van der Waals surface area contributed by atoms with Crippen molar-refractivity contribution in [2.45, 2.75) is 37.8 Å². The molecule has 138 valence electrons. The Morgan fingerprint density at radius 3 is 2.80 bits per heavy atom. The molecule has 1 aromatic heterocycles. The fourth-order valence-electron chi connectivity index (χ4n) is 3.22. The first-order chi connectivity index (χ1) is 12.1. The number of hydrogen-bond acceptors (Lipinski definition) is 6.